The summed E-state index contributed by atoms with van der Waals surface area (Å²) >= 11 is 0. The van der Waals surface area contributed by atoms with Crippen molar-refractivity contribution in [3.63, 3.8) is 0 Å². The topological polar surface area (TPSA) is 49.7 Å². The predicted octanol–water partition coefficient (Wildman–Crippen LogP) is 1.72. The molecular formula is C12H18O3. The van der Waals surface area contributed by atoms with E-state index in [0.717, 1.165) is 18.4 Å². The number of aliphatic hydroxyl groups is 1. The fourth-order valence-corrected chi connectivity index (χ4v) is 1.52. The fourth-order valence-electron chi connectivity index (χ4n) is 1.52. The molecule has 1 aromatic carbocycles. The molecule has 0 aliphatic carbocycles. The summed E-state index contributed by atoms with van der Waals surface area (Å²) in [6.45, 7) is 0.678. The second-order valence-electron chi connectivity index (χ2n) is 3.66. The normalized spacial score (nSPS) is 12.7. The van der Waals surface area contributed by atoms with Crippen LogP contribution in [0.15, 0.2) is 24.3 Å². The first-order valence-electron chi connectivity index (χ1n) is 5.17. The molecule has 0 fully saturated rings. The van der Waals surface area contributed by atoms with Crippen molar-refractivity contribution in [2.75, 3.05) is 13.7 Å². The average Bonchev–Trinajstić information content (AvgIpc) is 2.18. The molecule has 15 heavy (non-hydrogen) atoms. The molecule has 1 rings (SSSR count). The van der Waals surface area contributed by atoms with Crippen molar-refractivity contribution in [1.29, 1.82) is 0 Å². The lowest BCUT2D eigenvalue weighted by Gasteiger charge is -2.10. The second kappa shape index (κ2) is 6.43. The molecule has 1 aromatic rings. The first-order chi connectivity index (χ1) is 7.22. The number of rotatable bonds is 6. The van der Waals surface area contributed by atoms with Crippen molar-refractivity contribution in [2.45, 2.75) is 25.4 Å². The average molecular weight is 210 g/mol. The standard InChI is InChI=1S/C12H18O3/c1-15-7-3-6-12(14)9-10-4-2-5-11(13)8-10/h2,4-5,8,12-14H,3,6-7,9H2,1H3. The molecule has 0 aliphatic heterocycles. The number of aliphatic hydroxyl groups excluding tert-OH is 1. The molecule has 0 aromatic heterocycles. The van der Waals surface area contributed by atoms with Crippen LogP contribution in [0.2, 0.25) is 0 Å². The molecule has 2 N–H and O–H groups in total. The zero-order chi connectivity index (χ0) is 11.1. The van der Waals surface area contributed by atoms with E-state index in [2.05, 4.69) is 0 Å². The largest absolute Gasteiger partial charge is 0.508 e. The van der Waals surface area contributed by atoms with E-state index in [1.54, 1.807) is 25.3 Å². The Bertz CT molecular complexity index is 286. The van der Waals surface area contributed by atoms with Crippen molar-refractivity contribution < 1.29 is 14.9 Å². The van der Waals surface area contributed by atoms with Gasteiger partial charge >= 0.3 is 0 Å². The van der Waals surface area contributed by atoms with Crippen LogP contribution in [-0.2, 0) is 11.2 Å². The van der Waals surface area contributed by atoms with Gasteiger partial charge in [0.05, 0.1) is 6.10 Å². The monoisotopic (exact) mass is 210 g/mol. The van der Waals surface area contributed by atoms with E-state index in [1.807, 2.05) is 6.07 Å². The van der Waals surface area contributed by atoms with E-state index in [4.69, 9.17) is 4.74 Å². The molecule has 1 atom stereocenters. The van der Waals surface area contributed by atoms with Gasteiger partial charge in [0.1, 0.15) is 5.75 Å². The summed E-state index contributed by atoms with van der Waals surface area (Å²) in [5, 5.41) is 18.9. The Kier molecular flexibility index (Phi) is 5.15. The van der Waals surface area contributed by atoms with Crippen LogP contribution < -0.4 is 0 Å². The molecule has 3 nitrogen and oxygen atoms in total. The maximum absolute atomic E-state index is 9.68. The molecule has 0 spiro atoms. The number of ether oxygens (including phenoxy) is 1. The Morgan fingerprint density at radius 3 is 2.87 bits per heavy atom. The van der Waals surface area contributed by atoms with Crippen LogP contribution in [0.3, 0.4) is 0 Å². The third-order valence-corrected chi connectivity index (χ3v) is 2.27. The molecular weight excluding hydrogens is 192 g/mol. The number of aromatic hydroxyl groups is 1. The Hall–Kier alpha value is -1.06. The van der Waals surface area contributed by atoms with Gasteiger partial charge in [-0.25, -0.2) is 0 Å². The fraction of sp³-hybridized carbons (Fsp3) is 0.500. The summed E-state index contributed by atoms with van der Waals surface area (Å²) in [6.07, 6.45) is 1.81. The highest BCUT2D eigenvalue weighted by Crippen LogP contribution is 2.14. The highest BCUT2D eigenvalue weighted by Gasteiger charge is 2.05. The van der Waals surface area contributed by atoms with Gasteiger partial charge < -0.3 is 14.9 Å². The van der Waals surface area contributed by atoms with Crippen LogP contribution in [0.4, 0.5) is 0 Å². The molecule has 0 heterocycles. The van der Waals surface area contributed by atoms with E-state index >= 15 is 0 Å². The Balaban J connectivity index is 2.34. The molecule has 84 valence electrons. The minimum atomic E-state index is -0.359. The molecule has 0 saturated heterocycles. The lowest BCUT2D eigenvalue weighted by atomic mass is 10.0. The smallest absolute Gasteiger partial charge is 0.115 e. The molecule has 1 unspecified atom stereocenters. The van der Waals surface area contributed by atoms with E-state index in [9.17, 15) is 10.2 Å². The van der Waals surface area contributed by atoms with Crippen LogP contribution >= 0.6 is 0 Å². The highest BCUT2D eigenvalue weighted by molar-refractivity contribution is 5.27. The number of methoxy groups -OCH3 is 1. The summed E-state index contributed by atoms with van der Waals surface area (Å²) in [5.41, 5.74) is 0.958. The van der Waals surface area contributed by atoms with Gasteiger partial charge in [-0.15, -0.1) is 0 Å². The number of phenols is 1. The van der Waals surface area contributed by atoms with E-state index in [0.29, 0.717) is 13.0 Å². The van der Waals surface area contributed by atoms with Crippen LogP contribution in [-0.4, -0.2) is 30.0 Å². The SMILES string of the molecule is COCCCC(O)Cc1cccc(O)c1. The van der Waals surface area contributed by atoms with Crippen LogP contribution in [0.25, 0.3) is 0 Å². The van der Waals surface area contributed by atoms with E-state index < -0.39 is 0 Å². The third-order valence-electron chi connectivity index (χ3n) is 2.27. The Morgan fingerprint density at radius 1 is 1.40 bits per heavy atom. The minimum Gasteiger partial charge on any atom is -0.508 e. The molecule has 0 aliphatic rings. The number of hydrogen-bond acceptors (Lipinski definition) is 3. The van der Waals surface area contributed by atoms with Crippen molar-refractivity contribution >= 4 is 0 Å². The minimum absolute atomic E-state index is 0.247. The van der Waals surface area contributed by atoms with E-state index in [1.165, 1.54) is 0 Å². The van der Waals surface area contributed by atoms with Crippen molar-refractivity contribution in [3.05, 3.63) is 29.8 Å². The molecule has 0 saturated carbocycles. The first-order valence-corrected chi connectivity index (χ1v) is 5.17. The van der Waals surface area contributed by atoms with Crippen molar-refractivity contribution in [3.8, 4) is 5.75 Å². The summed E-state index contributed by atoms with van der Waals surface area (Å²) < 4.78 is 4.91. The van der Waals surface area contributed by atoms with Gasteiger partial charge in [0.25, 0.3) is 0 Å². The maximum atomic E-state index is 9.68. The van der Waals surface area contributed by atoms with Crippen LogP contribution in [0.1, 0.15) is 18.4 Å². The van der Waals surface area contributed by atoms with Crippen LogP contribution in [0.5, 0.6) is 5.75 Å². The summed E-state index contributed by atoms with van der Waals surface area (Å²) in [6, 6.07) is 6.99. The number of hydrogen-bond donors (Lipinski definition) is 2. The lowest BCUT2D eigenvalue weighted by Crippen LogP contribution is -2.11. The lowest BCUT2D eigenvalue weighted by molar-refractivity contribution is 0.135. The number of benzene rings is 1. The second-order valence-corrected chi connectivity index (χ2v) is 3.66. The summed E-state index contributed by atoms with van der Waals surface area (Å²) in [7, 11) is 1.65. The maximum Gasteiger partial charge on any atom is 0.115 e. The van der Waals surface area contributed by atoms with Crippen molar-refractivity contribution in [2.24, 2.45) is 0 Å². The predicted molar refractivity (Wildman–Crippen MR) is 58.9 cm³/mol. The van der Waals surface area contributed by atoms with Gasteiger partial charge in [-0.05, 0) is 37.0 Å². The first kappa shape index (κ1) is 12.0. The number of phenolic OH excluding ortho intramolecular Hbond substituents is 1. The van der Waals surface area contributed by atoms with Gasteiger partial charge in [-0.3, -0.25) is 0 Å². The van der Waals surface area contributed by atoms with Gasteiger partial charge in [0, 0.05) is 13.7 Å². The van der Waals surface area contributed by atoms with Crippen LogP contribution in [0, 0.1) is 0 Å². The zero-order valence-electron chi connectivity index (χ0n) is 9.02. The third kappa shape index (κ3) is 4.81. The van der Waals surface area contributed by atoms with Gasteiger partial charge in [-0.2, -0.15) is 0 Å². The van der Waals surface area contributed by atoms with E-state index in [-0.39, 0.29) is 11.9 Å². The van der Waals surface area contributed by atoms with Gasteiger partial charge in [-0.1, -0.05) is 12.1 Å². The van der Waals surface area contributed by atoms with Gasteiger partial charge in [0.2, 0.25) is 0 Å². The van der Waals surface area contributed by atoms with Gasteiger partial charge in [0.15, 0.2) is 0 Å². The summed E-state index contributed by atoms with van der Waals surface area (Å²) in [5.74, 6) is 0.247. The molecule has 0 radical (unpaired) electrons. The zero-order valence-corrected chi connectivity index (χ0v) is 9.02. The molecule has 0 bridgehead atoms. The molecule has 3 heteroatoms. The quantitative estimate of drug-likeness (QED) is 0.703. The Morgan fingerprint density at radius 2 is 2.20 bits per heavy atom. The van der Waals surface area contributed by atoms with Crippen molar-refractivity contribution in [1.82, 2.24) is 0 Å². The Labute approximate surface area is 90.3 Å². The summed E-state index contributed by atoms with van der Waals surface area (Å²) in [4.78, 5) is 0. The highest BCUT2D eigenvalue weighted by atomic mass is 16.5. The molecule has 0 amide bonds.